The van der Waals surface area contributed by atoms with Gasteiger partial charge < -0.3 is 88.6 Å². The lowest BCUT2D eigenvalue weighted by Crippen LogP contribution is -2.62. The zero-order valence-electron chi connectivity index (χ0n) is 65.6. The maximum atomic E-state index is 13.3. The van der Waals surface area contributed by atoms with E-state index in [0.717, 1.165) is 30.0 Å². The number of aliphatic carboxylic acids is 3. The number of imidazole rings is 1. The number of aromatic nitrogens is 14. The van der Waals surface area contributed by atoms with Gasteiger partial charge in [-0.15, -0.1) is 50.6 Å². The second-order valence-electron chi connectivity index (χ2n) is 32.8. The number of carboxylic acids is 3. The lowest BCUT2D eigenvalue weighted by atomic mass is 9.59. The van der Waals surface area contributed by atoms with Crippen LogP contribution in [0.25, 0.3) is 0 Å². The van der Waals surface area contributed by atoms with Gasteiger partial charge in [-0.3, -0.25) is 38.4 Å². The number of likely N-dealkylation sites (tertiary alicyclic amines) is 2. The van der Waals surface area contributed by atoms with Crippen LogP contribution in [0.2, 0.25) is 0 Å². The molecule has 20 atom stereocenters. The van der Waals surface area contributed by atoms with Crippen molar-refractivity contribution in [2.75, 3.05) is 64.6 Å². The number of fused-ring (bicyclic) bond motifs is 4. The molecular formula is C72H100N28O14S3. The lowest BCUT2D eigenvalue weighted by molar-refractivity contribution is -0.160. The highest BCUT2D eigenvalue weighted by Crippen LogP contribution is 2.61. The van der Waals surface area contributed by atoms with Crippen LogP contribution in [-0.2, 0) is 85.5 Å². The number of hydrogen-bond donors (Lipinski definition) is 11. The Balaban J connectivity index is 0.000000145. The van der Waals surface area contributed by atoms with Gasteiger partial charge in [-0.2, -0.15) is 0 Å². The Kier molecular flexibility index (Phi) is 25.0. The number of ketones is 2. The van der Waals surface area contributed by atoms with Crippen molar-refractivity contribution < 1.29 is 68.1 Å². The van der Waals surface area contributed by atoms with Crippen molar-refractivity contribution in [3.8, 4) is 0 Å². The third-order valence-corrected chi connectivity index (χ3v) is 29.7. The summed E-state index contributed by atoms with van der Waals surface area (Å²) >= 11 is 4.52. The van der Waals surface area contributed by atoms with E-state index in [1.165, 1.54) is 66.4 Å². The third-order valence-electron chi connectivity index (χ3n) is 25.1. The molecule has 12 aliphatic rings. The van der Waals surface area contributed by atoms with E-state index >= 15 is 0 Å². The maximum absolute atomic E-state index is 13.3. The number of hydrogen-bond acceptors (Lipinski definition) is 30. The number of tetrazole rings is 3. The molecule has 42 nitrogen and oxygen atoms in total. The van der Waals surface area contributed by atoms with Gasteiger partial charge in [0.2, 0.25) is 35.4 Å². The smallest absolute Gasteiger partial charge is 0.353 e. The van der Waals surface area contributed by atoms with Crippen LogP contribution in [0, 0.1) is 65.1 Å². The molecule has 15 N–H and O–H groups in total. The highest BCUT2D eigenvalue weighted by molar-refractivity contribution is 8.04. The summed E-state index contributed by atoms with van der Waals surface area (Å²) in [7, 11) is 0. The lowest BCUT2D eigenvalue weighted by Gasteiger charge is -2.47. The van der Waals surface area contributed by atoms with Crippen LogP contribution in [0.15, 0.2) is 61.9 Å². The number of guanidine groups is 1. The molecule has 0 aromatic carbocycles. The van der Waals surface area contributed by atoms with Gasteiger partial charge >= 0.3 is 17.9 Å². The molecule has 4 aromatic heterocycles. The number of amides is 6. The van der Waals surface area contributed by atoms with Crippen molar-refractivity contribution in [3.05, 3.63) is 62.6 Å². The molecule has 4 aromatic rings. The molecule has 1 unspecified atom stereocenters. The van der Waals surface area contributed by atoms with E-state index in [2.05, 4.69) is 84.7 Å². The summed E-state index contributed by atoms with van der Waals surface area (Å²) in [4.78, 5) is 159. The van der Waals surface area contributed by atoms with Gasteiger partial charge in [0.15, 0.2) is 23.5 Å². The van der Waals surface area contributed by atoms with Crippen molar-refractivity contribution in [1.29, 1.82) is 0 Å². The number of rotatable bonds is 28. The van der Waals surface area contributed by atoms with E-state index in [9.17, 15) is 68.1 Å². The first-order chi connectivity index (χ1) is 55.9. The van der Waals surface area contributed by atoms with Crippen LogP contribution < -0.4 is 44.2 Å². The minimum atomic E-state index is -1.14. The van der Waals surface area contributed by atoms with E-state index in [0.29, 0.717) is 112 Å². The fourth-order valence-electron chi connectivity index (χ4n) is 19.4. The van der Waals surface area contributed by atoms with Gasteiger partial charge in [-0.25, -0.2) is 38.4 Å². The Morgan fingerprint density at radius 1 is 0.607 bits per heavy atom. The van der Waals surface area contributed by atoms with Crippen molar-refractivity contribution in [2.24, 2.45) is 87.3 Å². The Morgan fingerprint density at radius 3 is 1.54 bits per heavy atom. The van der Waals surface area contributed by atoms with Crippen LogP contribution in [-0.4, -0.2) is 298 Å². The summed E-state index contributed by atoms with van der Waals surface area (Å²) in [5, 5.41) is 75.6. The van der Waals surface area contributed by atoms with Crippen LogP contribution >= 0.6 is 35.3 Å². The Morgan fingerprint density at radius 2 is 1.09 bits per heavy atom. The predicted octanol–water partition coefficient (Wildman–Crippen LogP) is -3.00. The van der Waals surface area contributed by atoms with Gasteiger partial charge in [0.25, 0.3) is 0 Å². The number of thioether (sulfide) groups is 3. The molecule has 16 rings (SSSR count). The number of nitrogens with one attached hydrogen (secondary N) is 4. The second-order valence-corrected chi connectivity index (χ2v) is 36.8. The largest absolute Gasteiger partial charge is 0.478 e. The second kappa shape index (κ2) is 35.0. The first kappa shape index (κ1) is 83.7. The number of carbonyl (C=O) groups excluding carboxylic acids is 8. The molecule has 630 valence electrons. The number of β-lactam (4-membered cyclic amide) rings is 2. The number of nitrogen functional groups attached to an aromatic ring is 1. The van der Waals surface area contributed by atoms with Crippen LogP contribution in [0.3, 0.4) is 0 Å². The third kappa shape index (κ3) is 17.2. The highest BCUT2D eigenvalue weighted by Gasteiger charge is 2.63. The quantitative estimate of drug-likeness (QED) is 0.0153. The number of nitrogens with zero attached hydrogens (tertiary/aromatic N) is 20. The molecule has 7 saturated heterocycles. The Hall–Kier alpha value is -9.83. The molecule has 14 heterocycles. The van der Waals surface area contributed by atoms with Gasteiger partial charge in [0.1, 0.15) is 50.0 Å². The number of carbonyl (C=O) groups is 11. The predicted molar refractivity (Wildman–Crippen MR) is 419 cm³/mol. The molecular weight excluding hydrogens is 1580 g/mol. The van der Waals surface area contributed by atoms with Gasteiger partial charge in [0.05, 0.1) is 72.1 Å². The molecule has 6 amide bonds. The minimum absolute atomic E-state index is 0.00487. The number of aliphatic imine (C=N–C) groups is 1. The van der Waals surface area contributed by atoms with E-state index in [4.69, 9.17) is 22.9 Å². The van der Waals surface area contributed by atoms with Crippen molar-refractivity contribution in [2.45, 2.75) is 177 Å². The van der Waals surface area contributed by atoms with E-state index < -0.39 is 29.7 Å². The summed E-state index contributed by atoms with van der Waals surface area (Å²) in [5.41, 5.74) is 24.0. The van der Waals surface area contributed by atoms with E-state index in [1.807, 2.05) is 44.1 Å². The van der Waals surface area contributed by atoms with Gasteiger partial charge in [0, 0.05) is 115 Å². The molecule has 0 bridgehead atoms. The van der Waals surface area contributed by atoms with E-state index in [-0.39, 0.29) is 202 Å². The average Bonchev–Trinajstić information content (AvgIpc) is 1.57. The van der Waals surface area contributed by atoms with Crippen LogP contribution in [0.4, 0.5) is 5.95 Å². The molecule has 10 aliphatic heterocycles. The number of anilines is 1. The first-order valence-corrected chi connectivity index (χ1v) is 42.3. The van der Waals surface area contributed by atoms with E-state index in [1.54, 1.807) is 27.8 Å². The molecule has 2 aliphatic carbocycles. The van der Waals surface area contributed by atoms with Gasteiger partial charge in [-0.05, 0) is 123 Å². The maximum Gasteiger partial charge on any atom is 0.353 e. The zero-order valence-corrected chi connectivity index (χ0v) is 68.0. The standard InChI is InChI=1S/C25H32N10O5S.C24H34N8O5S.C23H34N10O4S/c1-12(5-15(36)10-33-11-29-30-31-33)18-19-13(2)21(20(24(39)40)35(19)23(18)38)41-16-6-17(27-8-16)22(37)32-3-4-34-14(9-32)7-28-25(34)26;1-12(5-15(33)10-31-11-27-28-29-31)18-19-13(2)21(20(24(36)37)32(19)23(18)35)38-16-6-17(26-8-16)22(34)30-4-3-14(7-25)9-30;1-10-18-14(11(2)28-17(34)8-33-9-27-30-31-33)4-15(18)19(22(36)37)20(10)38-13-3-16(26-5-13)21(35)32-6-12(7-32)29-23(24)25/h7,11-13,16-19,27H,3-6,8-10H2,1-2H3,(H2,26,28)(H,39,40);11-14,16-19,26H,3-10,25H2,1-2H3,(H,36,37);9-16,18,26H,3-8H2,1-2H3,(H,28,34)(H,36,37)(H4,24,25,29)/t12-,13+,16-,17-,18+,19+;12-,13+,14-,16-,17-,18+,19+;10-,11-,13+,14-,15?,16+,18-/m001/s1. The highest BCUT2D eigenvalue weighted by atomic mass is 32.2. The molecule has 0 spiro atoms. The molecule has 117 heavy (non-hydrogen) atoms. The SMILES string of the molecule is C[C@@H](CC(=O)Cn1cnnn1)[C@H]1C(=O)N2C(C(=O)O)=C(S[C@@H]3CN[C@H](C(=O)N4CC[C@@H](CN)C4)C3)[C@H](C)[C@H]12.C[C@@H](CC(=O)Cn1cnnn1)[C@H]1C(=O)N2C(C(=O)O)=C(S[C@@H]3CN[C@H](C(=O)N4CCn5c(cnc5N)C4)C3)[C@H](C)[C@H]12.C[C@@H](NC(=O)Cn1cnnn1)[C@H]1CC2C(C(=O)O)=C(S[C@@H]3CN[C@H](C(=O)N4CC(N=C(N)N)C4)C3)[C@H](C)[C@@H]21. The zero-order chi connectivity index (χ0) is 83.3. The van der Waals surface area contributed by atoms with Crippen molar-refractivity contribution in [3.63, 3.8) is 0 Å². The minimum Gasteiger partial charge on any atom is -0.478 e. The fraction of sp³-hybridized carbons (Fsp3) is 0.667. The molecule has 1 saturated carbocycles. The van der Waals surface area contributed by atoms with Gasteiger partial charge in [-0.1, -0.05) is 34.6 Å². The van der Waals surface area contributed by atoms with Crippen molar-refractivity contribution >= 4 is 112 Å². The summed E-state index contributed by atoms with van der Waals surface area (Å²) < 4.78 is 5.95. The normalized spacial score (nSPS) is 30.2. The Labute approximate surface area is 684 Å². The average molecular weight is 1680 g/mol. The first-order valence-electron chi connectivity index (χ1n) is 39.6. The number of carboxylic acid groups (broad SMARTS) is 3. The number of Topliss-reactive ketones (excluding diaryl/α,β-unsaturated/α-hetero) is 2. The fourth-order valence-corrected chi connectivity index (χ4v) is 23.9. The Bertz CT molecular complexity index is 4610. The summed E-state index contributed by atoms with van der Waals surface area (Å²) in [6, 6.07) is -1.72. The summed E-state index contributed by atoms with van der Waals surface area (Å²) in [5.74, 6) is -4.46. The monoisotopic (exact) mass is 1680 g/mol. The van der Waals surface area contributed by atoms with Crippen LogP contribution in [0.1, 0.15) is 92.2 Å². The summed E-state index contributed by atoms with van der Waals surface area (Å²) in [6.45, 7) is 18.1. The topological polar surface area (TPSA) is 578 Å². The summed E-state index contributed by atoms with van der Waals surface area (Å²) in [6.07, 6.45) is 9.58. The molecule has 8 fully saturated rings. The van der Waals surface area contributed by atoms with Crippen molar-refractivity contribution in [1.82, 2.24) is 116 Å². The molecule has 0 radical (unpaired) electrons. The molecule has 45 heteroatoms. The number of nitrogens with two attached hydrogens (primary N) is 4. The van der Waals surface area contributed by atoms with Crippen LogP contribution in [0.5, 0.6) is 0 Å². The number of allylic oxidation sites excluding steroid dienone is 1.